The van der Waals surface area contributed by atoms with Gasteiger partial charge in [0, 0.05) is 32.2 Å². The van der Waals surface area contributed by atoms with Crippen LogP contribution in [0.3, 0.4) is 0 Å². The third-order valence-electron chi connectivity index (χ3n) is 3.99. The molecule has 0 saturated carbocycles. The van der Waals surface area contributed by atoms with Crippen molar-refractivity contribution in [2.24, 2.45) is 0 Å². The van der Waals surface area contributed by atoms with Crippen LogP contribution in [-0.2, 0) is 0 Å². The summed E-state index contributed by atoms with van der Waals surface area (Å²) in [4.78, 5) is 4.98. The fourth-order valence-electron chi connectivity index (χ4n) is 2.96. The van der Waals surface area contributed by atoms with Gasteiger partial charge in [-0.05, 0) is 38.9 Å². The molecule has 2 aliphatic rings. The number of aliphatic hydroxyl groups is 1. The lowest BCUT2D eigenvalue weighted by molar-refractivity contribution is 0.191. The zero-order valence-electron chi connectivity index (χ0n) is 10.9. The van der Waals surface area contributed by atoms with Gasteiger partial charge in [0.25, 0.3) is 0 Å². The first-order chi connectivity index (χ1) is 8.38. The van der Waals surface area contributed by atoms with E-state index in [0.29, 0.717) is 12.6 Å². The summed E-state index contributed by atoms with van der Waals surface area (Å²) in [6, 6.07) is 0.716. The van der Waals surface area contributed by atoms with Crippen LogP contribution in [0.15, 0.2) is 0 Å². The third kappa shape index (κ3) is 4.54. The second-order valence-electron chi connectivity index (χ2n) is 5.37. The molecule has 100 valence electrons. The van der Waals surface area contributed by atoms with Gasteiger partial charge in [-0.3, -0.25) is 4.90 Å². The lowest BCUT2D eigenvalue weighted by Crippen LogP contribution is -2.44. The van der Waals surface area contributed by atoms with Gasteiger partial charge in [-0.15, -0.1) is 0 Å². The molecule has 2 heterocycles. The quantitative estimate of drug-likeness (QED) is 0.734. The van der Waals surface area contributed by atoms with Crippen LogP contribution in [0.5, 0.6) is 0 Å². The number of hydrogen-bond donors (Lipinski definition) is 2. The van der Waals surface area contributed by atoms with E-state index in [1.54, 1.807) is 0 Å². The van der Waals surface area contributed by atoms with Crippen molar-refractivity contribution in [3.8, 4) is 0 Å². The zero-order chi connectivity index (χ0) is 11.9. The predicted molar refractivity (Wildman–Crippen MR) is 70.2 cm³/mol. The van der Waals surface area contributed by atoms with E-state index in [2.05, 4.69) is 15.1 Å². The van der Waals surface area contributed by atoms with Crippen LogP contribution < -0.4 is 5.32 Å². The van der Waals surface area contributed by atoms with Crippen molar-refractivity contribution < 1.29 is 5.11 Å². The Bertz CT molecular complexity index is 207. The molecule has 1 unspecified atom stereocenters. The van der Waals surface area contributed by atoms with Crippen molar-refractivity contribution in [2.45, 2.75) is 31.7 Å². The van der Waals surface area contributed by atoms with Gasteiger partial charge < -0.3 is 15.3 Å². The van der Waals surface area contributed by atoms with Crippen LogP contribution in [0.2, 0.25) is 0 Å². The first-order valence-electron chi connectivity index (χ1n) is 7.17. The number of aliphatic hydroxyl groups excluding tert-OH is 1. The molecule has 0 bridgehead atoms. The largest absolute Gasteiger partial charge is 0.395 e. The molecule has 2 fully saturated rings. The summed E-state index contributed by atoms with van der Waals surface area (Å²) in [5, 5.41) is 12.6. The number of rotatable bonds is 4. The van der Waals surface area contributed by atoms with Crippen LogP contribution >= 0.6 is 0 Å². The Hall–Kier alpha value is -0.160. The molecule has 4 heteroatoms. The van der Waals surface area contributed by atoms with Crippen LogP contribution in [0.4, 0.5) is 0 Å². The highest BCUT2D eigenvalue weighted by atomic mass is 16.3. The maximum atomic E-state index is 8.97. The number of nitrogens with one attached hydrogen (secondary N) is 1. The molecule has 17 heavy (non-hydrogen) atoms. The van der Waals surface area contributed by atoms with E-state index in [9.17, 15) is 0 Å². The summed E-state index contributed by atoms with van der Waals surface area (Å²) < 4.78 is 0. The fourth-order valence-corrected chi connectivity index (χ4v) is 2.96. The Balaban J connectivity index is 1.70. The lowest BCUT2D eigenvalue weighted by Gasteiger charge is -2.29. The number of hydrogen-bond acceptors (Lipinski definition) is 4. The summed E-state index contributed by atoms with van der Waals surface area (Å²) in [7, 11) is 0. The van der Waals surface area contributed by atoms with E-state index in [-0.39, 0.29) is 0 Å². The van der Waals surface area contributed by atoms with E-state index < -0.39 is 0 Å². The third-order valence-corrected chi connectivity index (χ3v) is 3.99. The molecular formula is C13H27N3O. The molecule has 1 atom stereocenters. The monoisotopic (exact) mass is 241 g/mol. The Labute approximate surface area is 105 Å². The van der Waals surface area contributed by atoms with Crippen LogP contribution in [-0.4, -0.2) is 73.4 Å². The molecule has 0 aliphatic carbocycles. The second kappa shape index (κ2) is 7.31. The molecule has 0 radical (unpaired) electrons. The normalized spacial score (nSPS) is 29.1. The Morgan fingerprint density at radius 3 is 2.59 bits per heavy atom. The minimum Gasteiger partial charge on any atom is -0.395 e. The highest BCUT2D eigenvalue weighted by Crippen LogP contribution is 2.10. The zero-order valence-corrected chi connectivity index (χ0v) is 10.9. The van der Waals surface area contributed by atoms with Gasteiger partial charge in [-0.25, -0.2) is 0 Å². The van der Waals surface area contributed by atoms with Gasteiger partial charge in [0.1, 0.15) is 0 Å². The Morgan fingerprint density at radius 2 is 1.82 bits per heavy atom. The van der Waals surface area contributed by atoms with Gasteiger partial charge in [-0.2, -0.15) is 0 Å². The van der Waals surface area contributed by atoms with E-state index in [4.69, 9.17) is 5.11 Å². The summed E-state index contributed by atoms with van der Waals surface area (Å²) in [5.41, 5.74) is 0. The van der Waals surface area contributed by atoms with Crippen molar-refractivity contribution in [1.82, 2.24) is 15.1 Å². The van der Waals surface area contributed by atoms with Crippen molar-refractivity contribution in [1.29, 1.82) is 0 Å². The highest BCUT2D eigenvalue weighted by Gasteiger charge is 2.19. The molecule has 0 spiro atoms. The standard InChI is InChI=1S/C13H27N3O/c17-11-10-15-6-3-7-16(9-8-15)12-13-4-1-2-5-14-13/h13-14,17H,1-12H2. The molecule has 2 rings (SSSR count). The van der Waals surface area contributed by atoms with Gasteiger partial charge in [0.15, 0.2) is 0 Å². The van der Waals surface area contributed by atoms with E-state index in [1.807, 2.05) is 0 Å². The van der Waals surface area contributed by atoms with Gasteiger partial charge in [0.2, 0.25) is 0 Å². The summed E-state index contributed by atoms with van der Waals surface area (Å²) in [6.45, 7) is 8.21. The van der Waals surface area contributed by atoms with E-state index in [0.717, 1.165) is 26.2 Å². The maximum Gasteiger partial charge on any atom is 0.0558 e. The van der Waals surface area contributed by atoms with Gasteiger partial charge in [-0.1, -0.05) is 6.42 Å². The topological polar surface area (TPSA) is 38.7 Å². The first kappa shape index (κ1) is 13.3. The minimum atomic E-state index is 0.296. The smallest absolute Gasteiger partial charge is 0.0558 e. The predicted octanol–water partition coefficient (Wildman–Crippen LogP) is 0.129. The molecule has 2 N–H and O–H groups in total. The molecular weight excluding hydrogens is 214 g/mol. The molecule has 0 aromatic carbocycles. The summed E-state index contributed by atoms with van der Waals surface area (Å²) >= 11 is 0. The number of piperidine rings is 1. The average Bonchev–Trinajstić information content (AvgIpc) is 2.57. The summed E-state index contributed by atoms with van der Waals surface area (Å²) in [5.74, 6) is 0. The van der Waals surface area contributed by atoms with Crippen LogP contribution in [0.1, 0.15) is 25.7 Å². The van der Waals surface area contributed by atoms with E-state index in [1.165, 1.54) is 45.3 Å². The van der Waals surface area contributed by atoms with E-state index >= 15 is 0 Å². The van der Waals surface area contributed by atoms with Gasteiger partial charge >= 0.3 is 0 Å². The van der Waals surface area contributed by atoms with Crippen molar-refractivity contribution in [2.75, 3.05) is 52.4 Å². The lowest BCUT2D eigenvalue weighted by atomic mass is 10.0. The molecule has 0 amide bonds. The average molecular weight is 241 g/mol. The molecule has 2 saturated heterocycles. The Morgan fingerprint density at radius 1 is 1.00 bits per heavy atom. The van der Waals surface area contributed by atoms with Crippen LogP contribution in [0.25, 0.3) is 0 Å². The molecule has 2 aliphatic heterocycles. The first-order valence-corrected chi connectivity index (χ1v) is 7.17. The van der Waals surface area contributed by atoms with Crippen molar-refractivity contribution in [3.05, 3.63) is 0 Å². The van der Waals surface area contributed by atoms with Crippen molar-refractivity contribution >= 4 is 0 Å². The molecule has 4 nitrogen and oxygen atoms in total. The second-order valence-corrected chi connectivity index (χ2v) is 5.37. The molecule has 0 aromatic rings. The van der Waals surface area contributed by atoms with Crippen molar-refractivity contribution in [3.63, 3.8) is 0 Å². The molecule has 0 aromatic heterocycles. The number of nitrogens with zero attached hydrogens (tertiary/aromatic N) is 2. The maximum absolute atomic E-state index is 8.97. The minimum absolute atomic E-state index is 0.296. The SMILES string of the molecule is OCCN1CCCN(CC2CCCCN2)CC1. The Kier molecular flexibility index (Phi) is 5.71. The van der Waals surface area contributed by atoms with Crippen LogP contribution in [0, 0.1) is 0 Å². The van der Waals surface area contributed by atoms with Gasteiger partial charge in [0.05, 0.1) is 6.61 Å². The number of β-amino-alcohol motifs (C(OH)–C–C–N with tert-alkyl or cyclic N) is 1. The fraction of sp³-hybridized carbons (Fsp3) is 1.00. The summed E-state index contributed by atoms with van der Waals surface area (Å²) in [6.07, 6.45) is 5.33. The highest BCUT2D eigenvalue weighted by molar-refractivity contribution is 4.78.